The largest absolute Gasteiger partial charge is 0.459 e. The maximum Gasteiger partial charge on any atom is 0.338 e. The quantitative estimate of drug-likeness (QED) is 0.0541. The summed E-state index contributed by atoms with van der Waals surface area (Å²) in [4.78, 5) is 25.9. The van der Waals surface area contributed by atoms with Crippen LogP contribution in [0.25, 0.3) is 0 Å². The fourth-order valence-corrected chi connectivity index (χ4v) is 6.78. The van der Waals surface area contributed by atoms with Crippen LogP contribution in [0.15, 0.2) is 24.3 Å². The molecule has 0 saturated carbocycles. The van der Waals surface area contributed by atoms with E-state index in [2.05, 4.69) is 27.7 Å². The molecule has 0 heterocycles. The molecule has 0 radical (unpaired) electrons. The van der Waals surface area contributed by atoms with Gasteiger partial charge in [0.2, 0.25) is 0 Å². The molecule has 0 amide bonds. The third-order valence-electron chi connectivity index (χ3n) is 9.88. The van der Waals surface area contributed by atoms with E-state index in [-0.39, 0.29) is 24.1 Å². The molecule has 0 N–H and O–H groups in total. The van der Waals surface area contributed by atoms with Gasteiger partial charge in [0.25, 0.3) is 0 Å². The number of esters is 2. The molecule has 0 saturated heterocycles. The molecule has 48 heavy (non-hydrogen) atoms. The Morgan fingerprint density at radius 1 is 0.375 bits per heavy atom. The van der Waals surface area contributed by atoms with Crippen molar-refractivity contribution in [2.75, 3.05) is 0 Å². The van der Waals surface area contributed by atoms with Crippen LogP contribution in [0.5, 0.6) is 0 Å². The molecule has 0 spiro atoms. The minimum Gasteiger partial charge on any atom is -0.459 e. The van der Waals surface area contributed by atoms with E-state index in [0.29, 0.717) is 11.1 Å². The molecule has 2 atom stereocenters. The predicted molar refractivity (Wildman–Crippen MR) is 206 cm³/mol. The molecule has 1 aromatic carbocycles. The Balaban J connectivity index is 2.30. The summed E-state index contributed by atoms with van der Waals surface area (Å²) in [5.74, 6) is -0.578. The Kier molecular flexibility index (Phi) is 29.8. The van der Waals surface area contributed by atoms with Gasteiger partial charge in [-0.3, -0.25) is 0 Å². The van der Waals surface area contributed by atoms with Crippen LogP contribution < -0.4 is 0 Å². The molecule has 2 unspecified atom stereocenters. The molecule has 1 aromatic rings. The van der Waals surface area contributed by atoms with Gasteiger partial charge in [-0.25, -0.2) is 9.59 Å². The topological polar surface area (TPSA) is 52.6 Å². The minimum absolute atomic E-state index is 0.0367. The first-order valence-corrected chi connectivity index (χ1v) is 21.1. The molecule has 278 valence electrons. The summed E-state index contributed by atoms with van der Waals surface area (Å²) in [5, 5.41) is 0. The van der Waals surface area contributed by atoms with Crippen molar-refractivity contribution in [3.63, 3.8) is 0 Å². The number of carbonyl (C=O) groups excluding carboxylic acids is 2. The van der Waals surface area contributed by atoms with Crippen molar-refractivity contribution in [2.45, 2.75) is 233 Å². The second-order valence-corrected chi connectivity index (χ2v) is 14.6. The fraction of sp³-hybridized carbons (Fsp3) is 0.818. The van der Waals surface area contributed by atoms with Gasteiger partial charge in [0.1, 0.15) is 12.2 Å². The number of benzene rings is 1. The van der Waals surface area contributed by atoms with Crippen LogP contribution in [0.3, 0.4) is 0 Å². The van der Waals surface area contributed by atoms with Crippen molar-refractivity contribution < 1.29 is 19.1 Å². The lowest BCUT2D eigenvalue weighted by molar-refractivity contribution is 0.0239. The summed E-state index contributed by atoms with van der Waals surface area (Å²) in [6.07, 6.45) is 37.5. The van der Waals surface area contributed by atoms with E-state index in [1.54, 1.807) is 24.3 Å². The third kappa shape index (κ3) is 24.3. The monoisotopic (exact) mass is 671 g/mol. The SMILES string of the molecule is CCCCCCCCCCCCCCC(CCC)OC(=O)c1ccc(C(=O)OC(CCC)CCCCCCCCCCCCCC)cc1. The molecule has 4 nitrogen and oxygen atoms in total. The van der Waals surface area contributed by atoms with Gasteiger partial charge < -0.3 is 9.47 Å². The molecular weight excluding hydrogens is 592 g/mol. The van der Waals surface area contributed by atoms with Crippen LogP contribution in [0, 0.1) is 0 Å². The lowest BCUT2D eigenvalue weighted by Gasteiger charge is -2.18. The third-order valence-corrected chi connectivity index (χ3v) is 9.88. The van der Waals surface area contributed by atoms with Crippen molar-refractivity contribution in [3.05, 3.63) is 35.4 Å². The second kappa shape index (κ2) is 32.4. The molecule has 0 aliphatic heterocycles. The minimum atomic E-state index is -0.289. The molecule has 0 bridgehead atoms. The Morgan fingerprint density at radius 3 is 0.875 bits per heavy atom. The van der Waals surface area contributed by atoms with Crippen LogP contribution >= 0.6 is 0 Å². The predicted octanol–water partition coefficient (Wildman–Crippen LogP) is 14.5. The molecule has 0 aliphatic carbocycles. The van der Waals surface area contributed by atoms with E-state index in [4.69, 9.17) is 9.47 Å². The van der Waals surface area contributed by atoms with Gasteiger partial charge in [-0.15, -0.1) is 0 Å². The summed E-state index contributed by atoms with van der Waals surface area (Å²) in [5.41, 5.74) is 1.01. The van der Waals surface area contributed by atoms with Crippen LogP contribution in [0.4, 0.5) is 0 Å². The van der Waals surface area contributed by atoms with Crippen LogP contribution in [-0.4, -0.2) is 24.1 Å². The highest BCUT2D eigenvalue weighted by molar-refractivity contribution is 5.93. The number of rotatable bonds is 34. The van der Waals surface area contributed by atoms with E-state index >= 15 is 0 Å². The van der Waals surface area contributed by atoms with E-state index in [0.717, 1.165) is 51.4 Å². The average molecular weight is 671 g/mol. The summed E-state index contributed by atoms with van der Waals surface area (Å²) in [6.45, 7) is 8.84. The lowest BCUT2D eigenvalue weighted by atomic mass is 10.0. The van der Waals surface area contributed by atoms with Gasteiger partial charge in [-0.05, 0) is 62.8 Å². The van der Waals surface area contributed by atoms with E-state index in [1.165, 1.54) is 141 Å². The number of carbonyl (C=O) groups is 2. The van der Waals surface area contributed by atoms with Gasteiger partial charge >= 0.3 is 11.9 Å². The first-order valence-electron chi connectivity index (χ1n) is 21.1. The van der Waals surface area contributed by atoms with Gasteiger partial charge in [0.15, 0.2) is 0 Å². The highest BCUT2D eigenvalue weighted by Crippen LogP contribution is 2.20. The number of hydrogen-bond acceptors (Lipinski definition) is 4. The zero-order valence-electron chi connectivity index (χ0n) is 32.3. The Morgan fingerprint density at radius 2 is 0.625 bits per heavy atom. The standard InChI is InChI=1S/C44H78O4/c1-5-9-11-13-15-17-19-21-23-25-27-29-33-41(31-7-3)47-43(45)39-35-37-40(38-36-39)44(46)48-42(32-8-4)34-30-28-26-24-22-20-18-16-14-12-10-6-2/h35-38,41-42H,5-34H2,1-4H3. The number of unbranched alkanes of at least 4 members (excludes halogenated alkanes) is 22. The molecule has 4 heteroatoms. The molecule has 0 fully saturated rings. The lowest BCUT2D eigenvalue weighted by Crippen LogP contribution is -2.19. The van der Waals surface area contributed by atoms with Gasteiger partial charge in [0.05, 0.1) is 11.1 Å². The smallest absolute Gasteiger partial charge is 0.338 e. The average Bonchev–Trinajstić information content (AvgIpc) is 3.09. The number of ether oxygens (including phenoxy) is 2. The zero-order valence-corrected chi connectivity index (χ0v) is 32.3. The molecule has 0 aromatic heterocycles. The van der Waals surface area contributed by atoms with Crippen molar-refractivity contribution in [2.24, 2.45) is 0 Å². The van der Waals surface area contributed by atoms with Gasteiger partial charge in [0, 0.05) is 0 Å². The first kappa shape index (κ1) is 44.2. The van der Waals surface area contributed by atoms with Gasteiger partial charge in [-0.1, -0.05) is 182 Å². The Bertz CT molecular complexity index is 792. The van der Waals surface area contributed by atoms with E-state index < -0.39 is 0 Å². The van der Waals surface area contributed by atoms with Crippen LogP contribution in [-0.2, 0) is 9.47 Å². The van der Waals surface area contributed by atoms with Crippen molar-refractivity contribution in [3.8, 4) is 0 Å². The summed E-state index contributed by atoms with van der Waals surface area (Å²) >= 11 is 0. The first-order chi connectivity index (χ1) is 23.5. The normalized spacial score (nSPS) is 12.6. The molecule has 0 aliphatic rings. The van der Waals surface area contributed by atoms with Crippen molar-refractivity contribution >= 4 is 11.9 Å². The highest BCUT2D eigenvalue weighted by Gasteiger charge is 2.18. The molecular formula is C44H78O4. The zero-order chi connectivity index (χ0) is 34.9. The van der Waals surface area contributed by atoms with Crippen LogP contribution in [0.2, 0.25) is 0 Å². The summed E-state index contributed by atoms with van der Waals surface area (Å²) in [7, 11) is 0. The second-order valence-electron chi connectivity index (χ2n) is 14.6. The Labute approximate surface area is 298 Å². The van der Waals surface area contributed by atoms with Gasteiger partial charge in [-0.2, -0.15) is 0 Å². The van der Waals surface area contributed by atoms with E-state index in [1.807, 2.05) is 0 Å². The summed E-state index contributed by atoms with van der Waals surface area (Å²) < 4.78 is 11.9. The maximum absolute atomic E-state index is 12.9. The maximum atomic E-state index is 12.9. The van der Waals surface area contributed by atoms with E-state index in [9.17, 15) is 9.59 Å². The van der Waals surface area contributed by atoms with Crippen LogP contribution in [0.1, 0.15) is 241 Å². The summed E-state index contributed by atoms with van der Waals surface area (Å²) in [6, 6.07) is 6.86. The number of hydrogen-bond donors (Lipinski definition) is 0. The van der Waals surface area contributed by atoms with Crippen molar-refractivity contribution in [1.29, 1.82) is 0 Å². The Hall–Kier alpha value is -1.84. The molecule has 1 rings (SSSR count). The van der Waals surface area contributed by atoms with Crippen molar-refractivity contribution in [1.82, 2.24) is 0 Å². The fourth-order valence-electron chi connectivity index (χ4n) is 6.78. The highest BCUT2D eigenvalue weighted by atomic mass is 16.5.